The number of rotatable bonds is 12. The first-order valence-corrected chi connectivity index (χ1v) is 14.6. The van der Waals surface area contributed by atoms with Crippen molar-refractivity contribution in [2.75, 3.05) is 5.75 Å². The van der Waals surface area contributed by atoms with Crippen molar-refractivity contribution in [3.8, 4) is 11.1 Å². The molecule has 3 atom stereocenters. The predicted octanol–water partition coefficient (Wildman–Crippen LogP) is 4.78. The van der Waals surface area contributed by atoms with Crippen molar-refractivity contribution in [2.24, 2.45) is 0 Å². The third-order valence-corrected chi connectivity index (χ3v) is 7.98. The van der Waals surface area contributed by atoms with Crippen LogP contribution in [0.3, 0.4) is 0 Å². The zero-order valence-corrected chi connectivity index (χ0v) is 23.6. The average Bonchev–Trinajstić information content (AvgIpc) is 3.56. The Morgan fingerprint density at radius 3 is 2.45 bits per heavy atom. The number of carbonyl (C=O) groups excluding carboxylic acids is 1. The number of aromatic nitrogens is 3. The molecule has 5 rings (SSSR count). The molecule has 1 aliphatic heterocycles. The van der Waals surface area contributed by atoms with Gasteiger partial charge in [-0.3, -0.25) is 14.7 Å². The second-order valence-electron chi connectivity index (χ2n) is 9.90. The van der Waals surface area contributed by atoms with E-state index in [-0.39, 0.29) is 37.6 Å². The number of aliphatic hydroxyl groups excluding tert-OH is 1. The molecular weight excluding hydrogens is 556 g/mol. The molecule has 11 heteroatoms. The molecule has 0 radical (unpaired) electrons. The molecule has 1 fully saturated rings. The number of amides is 1. The van der Waals surface area contributed by atoms with E-state index in [1.165, 1.54) is 6.33 Å². The van der Waals surface area contributed by atoms with Crippen LogP contribution in [-0.2, 0) is 32.2 Å². The fourth-order valence-corrected chi connectivity index (χ4v) is 5.53. The van der Waals surface area contributed by atoms with E-state index < -0.39 is 12.3 Å². The number of aromatic amines is 1. The number of aliphatic carboxylic acids is 1. The third kappa shape index (κ3) is 7.83. The van der Waals surface area contributed by atoms with Gasteiger partial charge in [0.25, 0.3) is 0 Å². The van der Waals surface area contributed by atoms with Gasteiger partial charge in [0.15, 0.2) is 11.4 Å². The highest BCUT2D eigenvalue weighted by Crippen LogP contribution is 2.39. The Kier molecular flexibility index (Phi) is 9.98. The highest BCUT2D eigenvalue weighted by Gasteiger charge is 2.32. The first-order chi connectivity index (χ1) is 20.5. The van der Waals surface area contributed by atoms with Crippen LogP contribution in [0, 0.1) is 0 Å². The number of carboxylic acids is 1. The number of carbonyl (C=O) groups is 2. The Morgan fingerprint density at radius 2 is 1.74 bits per heavy atom. The molecule has 0 aliphatic carbocycles. The Labute approximate surface area is 247 Å². The van der Waals surface area contributed by atoms with Gasteiger partial charge in [-0.15, -0.1) is 0 Å². The smallest absolute Gasteiger partial charge is 0.303 e. The van der Waals surface area contributed by atoms with E-state index in [0.29, 0.717) is 18.7 Å². The maximum Gasteiger partial charge on any atom is 0.303 e. The van der Waals surface area contributed by atoms with Gasteiger partial charge < -0.3 is 25.0 Å². The zero-order valence-electron chi connectivity index (χ0n) is 22.8. The molecule has 1 saturated heterocycles. The summed E-state index contributed by atoms with van der Waals surface area (Å²) in [5, 5.41) is 28.6. The van der Waals surface area contributed by atoms with Crippen LogP contribution in [0.2, 0.25) is 0 Å². The lowest BCUT2D eigenvalue weighted by Gasteiger charge is -2.36. The van der Waals surface area contributed by atoms with E-state index in [9.17, 15) is 14.7 Å². The summed E-state index contributed by atoms with van der Waals surface area (Å²) in [5.74, 6) is -0.627. The molecule has 10 nitrogen and oxygen atoms in total. The molecule has 218 valence electrons. The van der Waals surface area contributed by atoms with Crippen molar-refractivity contribution in [3.05, 3.63) is 101 Å². The highest BCUT2D eigenvalue weighted by atomic mass is 32.2. The van der Waals surface area contributed by atoms with Gasteiger partial charge in [0.05, 0.1) is 25.2 Å². The van der Waals surface area contributed by atoms with Crippen molar-refractivity contribution in [3.63, 3.8) is 0 Å². The number of thioether (sulfide) groups is 1. The number of nitrogens with zero attached hydrogens (tertiary/aromatic N) is 2. The summed E-state index contributed by atoms with van der Waals surface area (Å²) in [6, 6.07) is 23.5. The van der Waals surface area contributed by atoms with Crippen molar-refractivity contribution in [1.82, 2.24) is 20.5 Å². The molecule has 0 saturated carbocycles. The fourth-order valence-electron chi connectivity index (χ4n) is 4.74. The fraction of sp³-hybridized carbons (Fsp3) is 0.290. The van der Waals surface area contributed by atoms with Crippen LogP contribution < -0.4 is 5.32 Å². The quantitative estimate of drug-likeness (QED) is 0.172. The van der Waals surface area contributed by atoms with Crippen molar-refractivity contribution < 1.29 is 29.3 Å². The molecule has 4 aromatic rings. The maximum atomic E-state index is 12.1. The van der Waals surface area contributed by atoms with E-state index in [1.807, 2.05) is 72.8 Å². The molecule has 2 heterocycles. The van der Waals surface area contributed by atoms with Crippen LogP contribution >= 0.6 is 11.8 Å². The lowest BCUT2D eigenvalue weighted by atomic mass is 9.97. The number of nitrogens with one attached hydrogen (secondary N) is 2. The summed E-state index contributed by atoms with van der Waals surface area (Å²) in [5.41, 5.74) is 5.61. The SMILES string of the molecule is O=C(O)CCC(=O)NCc1ccccc1-c1ccc([C@H]2O[C@@H](CSc3ncn[nH]3)C[C@@H](c3ccc(CO)cc3)O2)cc1. The van der Waals surface area contributed by atoms with Gasteiger partial charge in [-0.1, -0.05) is 84.6 Å². The van der Waals surface area contributed by atoms with E-state index in [1.54, 1.807) is 11.8 Å². The van der Waals surface area contributed by atoms with Gasteiger partial charge >= 0.3 is 5.97 Å². The molecule has 42 heavy (non-hydrogen) atoms. The van der Waals surface area contributed by atoms with E-state index in [0.717, 1.165) is 38.5 Å². The minimum absolute atomic E-state index is 0.0133. The van der Waals surface area contributed by atoms with Crippen molar-refractivity contribution in [1.29, 1.82) is 0 Å². The number of aliphatic hydroxyl groups is 1. The summed E-state index contributed by atoms with van der Waals surface area (Å²) in [6.45, 7) is 0.285. The molecule has 3 aromatic carbocycles. The van der Waals surface area contributed by atoms with Crippen molar-refractivity contribution >= 4 is 23.6 Å². The van der Waals surface area contributed by atoms with Crippen molar-refractivity contribution in [2.45, 2.75) is 56.1 Å². The zero-order chi connectivity index (χ0) is 29.3. The molecular formula is C31H32N4O6S. The molecule has 1 aromatic heterocycles. The Balaban J connectivity index is 1.31. The topological polar surface area (TPSA) is 147 Å². The second-order valence-corrected chi connectivity index (χ2v) is 10.9. The van der Waals surface area contributed by atoms with Gasteiger partial charge in [0, 0.05) is 30.7 Å². The van der Waals surface area contributed by atoms with Gasteiger partial charge in [0.1, 0.15) is 6.33 Å². The highest BCUT2D eigenvalue weighted by molar-refractivity contribution is 7.99. The predicted molar refractivity (Wildman–Crippen MR) is 156 cm³/mol. The Bertz CT molecular complexity index is 1460. The van der Waals surface area contributed by atoms with Crippen LogP contribution in [-0.4, -0.2) is 49.1 Å². The monoisotopic (exact) mass is 588 g/mol. The summed E-state index contributed by atoms with van der Waals surface area (Å²) in [6.07, 6.45) is 1.01. The molecule has 1 aliphatic rings. The summed E-state index contributed by atoms with van der Waals surface area (Å²) in [4.78, 5) is 27.0. The number of hydrogen-bond donors (Lipinski definition) is 4. The standard InChI is InChI=1S/C31H32N4O6S/c36-17-20-5-7-22(8-6-20)27-15-25(18-42-31-33-19-34-35-31)40-30(41-27)23-11-9-21(10-12-23)26-4-2-1-3-24(26)16-32-28(37)13-14-29(38)39/h1-12,19,25,27,30,36H,13-18H2,(H,32,37)(H,38,39)(H,33,34,35)/t25-,27+,30+/m1/s1. The van der Waals surface area contributed by atoms with Gasteiger partial charge in [-0.2, -0.15) is 5.10 Å². The lowest BCUT2D eigenvalue weighted by molar-refractivity contribution is -0.245. The number of H-pyrrole nitrogens is 1. The first-order valence-electron chi connectivity index (χ1n) is 13.6. The largest absolute Gasteiger partial charge is 0.481 e. The first kappa shape index (κ1) is 29.5. The molecule has 4 N–H and O–H groups in total. The third-order valence-electron chi connectivity index (χ3n) is 6.97. The van der Waals surface area contributed by atoms with E-state index >= 15 is 0 Å². The van der Waals surface area contributed by atoms with Crippen LogP contribution in [0.25, 0.3) is 11.1 Å². The molecule has 0 bridgehead atoms. The number of hydrogen-bond acceptors (Lipinski definition) is 8. The summed E-state index contributed by atoms with van der Waals surface area (Å²) in [7, 11) is 0. The van der Waals surface area contributed by atoms with Crippen LogP contribution in [0.4, 0.5) is 0 Å². The Morgan fingerprint density at radius 1 is 0.976 bits per heavy atom. The lowest BCUT2D eigenvalue weighted by Crippen LogP contribution is -2.31. The summed E-state index contributed by atoms with van der Waals surface area (Å²) < 4.78 is 12.9. The van der Waals surface area contributed by atoms with E-state index in [2.05, 4.69) is 20.5 Å². The molecule has 1 amide bonds. The molecule has 0 spiro atoms. The summed E-state index contributed by atoms with van der Waals surface area (Å²) >= 11 is 1.54. The van der Waals surface area contributed by atoms with Gasteiger partial charge in [-0.25, -0.2) is 4.98 Å². The minimum Gasteiger partial charge on any atom is -0.481 e. The minimum atomic E-state index is -0.998. The second kappa shape index (κ2) is 14.2. The Hall–Kier alpha value is -4.03. The van der Waals surface area contributed by atoms with Gasteiger partial charge in [-0.05, 0) is 27.8 Å². The van der Waals surface area contributed by atoms with Crippen LogP contribution in [0.15, 0.2) is 84.3 Å². The average molecular weight is 589 g/mol. The van der Waals surface area contributed by atoms with Crippen LogP contribution in [0.5, 0.6) is 0 Å². The molecule has 0 unspecified atom stereocenters. The van der Waals surface area contributed by atoms with E-state index in [4.69, 9.17) is 14.6 Å². The number of carboxylic acid groups (broad SMARTS) is 1. The normalized spacial score (nSPS) is 18.5. The number of ether oxygens (including phenoxy) is 2. The van der Waals surface area contributed by atoms with Crippen LogP contribution in [0.1, 0.15) is 53.9 Å². The van der Waals surface area contributed by atoms with Gasteiger partial charge in [0.2, 0.25) is 5.91 Å². The maximum absolute atomic E-state index is 12.1. The number of benzene rings is 3.